The summed E-state index contributed by atoms with van der Waals surface area (Å²) < 4.78 is 0. The summed E-state index contributed by atoms with van der Waals surface area (Å²) >= 11 is 0. The van der Waals surface area contributed by atoms with Crippen LogP contribution in [0, 0.1) is 5.92 Å². The number of carbonyl (C=O) groups excluding carboxylic acids is 1. The first kappa shape index (κ1) is 22.0. The molecular weight excluding hydrogens is 451 g/mol. The summed E-state index contributed by atoms with van der Waals surface area (Å²) in [4.78, 5) is 18.8. The number of amides is 1. The maximum absolute atomic E-state index is 12.0. The number of nitrogens with zero attached hydrogens (tertiary/aromatic N) is 2. The molecule has 3 rings (SSSR count). The van der Waals surface area contributed by atoms with Gasteiger partial charge in [-0.2, -0.15) is 0 Å². The highest BCUT2D eigenvalue weighted by atomic mass is 127. The zero-order valence-electron chi connectivity index (χ0n) is 16.3. The minimum Gasteiger partial charge on any atom is -0.356 e. The molecule has 2 aliphatic rings. The lowest BCUT2D eigenvalue weighted by Crippen LogP contribution is -2.42. The second-order valence-electron chi connectivity index (χ2n) is 7.56. The molecular formula is C21H33IN4O. The molecule has 0 spiro atoms. The summed E-state index contributed by atoms with van der Waals surface area (Å²) in [7, 11) is 1.82. The molecule has 2 N–H and O–H groups in total. The lowest BCUT2D eigenvalue weighted by molar-refractivity contribution is -0.121. The zero-order valence-corrected chi connectivity index (χ0v) is 18.7. The van der Waals surface area contributed by atoms with Gasteiger partial charge in [-0.25, -0.2) is 0 Å². The standard InChI is InChI=1S/C21H32N4O.HI/c1-22-21(23-13-11-20(26)24-19-9-5-6-10-19)25-14-12-18(16-25)15-17-7-3-2-4-8-17;/h2-4,7-8,18-19H,5-6,9-16H2,1H3,(H,22,23)(H,24,26);1H. The van der Waals surface area contributed by atoms with Crippen LogP contribution in [0.15, 0.2) is 35.3 Å². The van der Waals surface area contributed by atoms with Crippen LogP contribution in [0.1, 0.15) is 44.1 Å². The largest absolute Gasteiger partial charge is 0.356 e. The van der Waals surface area contributed by atoms with Gasteiger partial charge in [0, 0.05) is 39.1 Å². The van der Waals surface area contributed by atoms with Crippen molar-refractivity contribution >= 4 is 35.8 Å². The van der Waals surface area contributed by atoms with Crippen LogP contribution < -0.4 is 10.6 Å². The van der Waals surface area contributed by atoms with Crippen LogP contribution in [0.3, 0.4) is 0 Å². The first-order valence-corrected chi connectivity index (χ1v) is 10.0. The van der Waals surface area contributed by atoms with Crippen molar-refractivity contribution in [3.05, 3.63) is 35.9 Å². The molecule has 0 radical (unpaired) electrons. The Morgan fingerprint density at radius 3 is 2.63 bits per heavy atom. The predicted octanol–water partition coefficient (Wildman–Crippen LogP) is 3.19. The van der Waals surface area contributed by atoms with Crippen LogP contribution in [0.25, 0.3) is 0 Å². The molecule has 27 heavy (non-hydrogen) atoms. The molecule has 1 saturated heterocycles. The molecule has 6 heteroatoms. The highest BCUT2D eigenvalue weighted by molar-refractivity contribution is 14.0. The monoisotopic (exact) mass is 484 g/mol. The number of benzene rings is 1. The van der Waals surface area contributed by atoms with Gasteiger partial charge >= 0.3 is 0 Å². The van der Waals surface area contributed by atoms with Gasteiger partial charge in [-0.05, 0) is 37.2 Å². The molecule has 1 amide bonds. The van der Waals surface area contributed by atoms with Crippen molar-refractivity contribution in [2.45, 2.75) is 51.0 Å². The third-order valence-electron chi connectivity index (χ3n) is 5.52. The Balaban J connectivity index is 0.00000261. The number of rotatable bonds is 6. The molecule has 150 valence electrons. The molecule has 1 aromatic carbocycles. The van der Waals surface area contributed by atoms with Gasteiger partial charge in [-0.3, -0.25) is 9.79 Å². The summed E-state index contributed by atoms with van der Waals surface area (Å²) in [6, 6.07) is 11.1. The van der Waals surface area contributed by atoms with E-state index in [0.29, 0.717) is 24.9 Å². The second kappa shape index (κ2) is 11.5. The summed E-state index contributed by atoms with van der Waals surface area (Å²) in [5.41, 5.74) is 1.41. The maximum atomic E-state index is 12.0. The van der Waals surface area contributed by atoms with Crippen molar-refractivity contribution in [1.29, 1.82) is 0 Å². The Hall–Kier alpha value is -1.31. The van der Waals surface area contributed by atoms with Gasteiger partial charge in [0.15, 0.2) is 5.96 Å². The molecule has 1 aliphatic heterocycles. The molecule has 1 atom stereocenters. The van der Waals surface area contributed by atoms with E-state index in [-0.39, 0.29) is 29.9 Å². The Morgan fingerprint density at radius 1 is 1.19 bits per heavy atom. The summed E-state index contributed by atoms with van der Waals surface area (Å²) in [5, 5.41) is 6.51. The predicted molar refractivity (Wildman–Crippen MR) is 122 cm³/mol. The number of likely N-dealkylation sites (tertiary alicyclic amines) is 1. The Bertz CT molecular complexity index is 601. The molecule has 1 heterocycles. The van der Waals surface area contributed by atoms with E-state index in [2.05, 4.69) is 50.9 Å². The van der Waals surface area contributed by atoms with E-state index in [4.69, 9.17) is 0 Å². The normalized spacial score (nSPS) is 20.4. The number of hydrogen-bond acceptors (Lipinski definition) is 2. The van der Waals surface area contributed by atoms with Crippen molar-refractivity contribution in [2.24, 2.45) is 10.9 Å². The summed E-state index contributed by atoms with van der Waals surface area (Å²) in [5.74, 6) is 1.75. The lowest BCUT2D eigenvalue weighted by Gasteiger charge is -2.22. The van der Waals surface area contributed by atoms with Crippen LogP contribution in [0.4, 0.5) is 0 Å². The van der Waals surface area contributed by atoms with Crippen molar-refractivity contribution in [3.63, 3.8) is 0 Å². The van der Waals surface area contributed by atoms with E-state index < -0.39 is 0 Å². The third-order valence-corrected chi connectivity index (χ3v) is 5.52. The fourth-order valence-electron chi connectivity index (χ4n) is 4.13. The first-order chi connectivity index (χ1) is 12.7. The topological polar surface area (TPSA) is 56.7 Å². The van der Waals surface area contributed by atoms with Crippen LogP contribution in [-0.4, -0.2) is 49.5 Å². The average Bonchev–Trinajstić information content (AvgIpc) is 3.32. The van der Waals surface area contributed by atoms with Gasteiger partial charge in [0.2, 0.25) is 5.91 Å². The maximum Gasteiger partial charge on any atom is 0.221 e. The Morgan fingerprint density at radius 2 is 1.93 bits per heavy atom. The van der Waals surface area contributed by atoms with Gasteiger partial charge < -0.3 is 15.5 Å². The van der Waals surface area contributed by atoms with Crippen LogP contribution in [0.5, 0.6) is 0 Å². The van der Waals surface area contributed by atoms with E-state index >= 15 is 0 Å². The van der Waals surface area contributed by atoms with Crippen molar-refractivity contribution in [1.82, 2.24) is 15.5 Å². The Labute approximate surface area is 180 Å². The molecule has 1 aliphatic carbocycles. The van der Waals surface area contributed by atoms with E-state index in [0.717, 1.165) is 38.3 Å². The van der Waals surface area contributed by atoms with Gasteiger partial charge in [0.25, 0.3) is 0 Å². The van der Waals surface area contributed by atoms with Gasteiger partial charge in [0.05, 0.1) is 0 Å². The van der Waals surface area contributed by atoms with E-state index in [1.54, 1.807) is 0 Å². The van der Waals surface area contributed by atoms with Gasteiger partial charge in [-0.1, -0.05) is 43.2 Å². The Kier molecular flexibility index (Phi) is 9.38. The summed E-state index contributed by atoms with van der Waals surface area (Å²) in [6.07, 6.45) is 7.59. The molecule has 0 bridgehead atoms. The highest BCUT2D eigenvalue weighted by Crippen LogP contribution is 2.21. The quantitative estimate of drug-likeness (QED) is 0.371. The number of carbonyl (C=O) groups is 1. The molecule has 2 fully saturated rings. The van der Waals surface area contributed by atoms with Crippen molar-refractivity contribution in [3.8, 4) is 0 Å². The highest BCUT2D eigenvalue weighted by Gasteiger charge is 2.25. The van der Waals surface area contributed by atoms with Crippen molar-refractivity contribution in [2.75, 3.05) is 26.7 Å². The number of halogens is 1. The van der Waals surface area contributed by atoms with E-state index in [9.17, 15) is 4.79 Å². The second-order valence-corrected chi connectivity index (χ2v) is 7.56. The molecule has 0 aromatic heterocycles. The summed E-state index contributed by atoms with van der Waals surface area (Å²) in [6.45, 7) is 2.71. The third kappa shape index (κ3) is 6.97. The number of nitrogens with one attached hydrogen (secondary N) is 2. The first-order valence-electron chi connectivity index (χ1n) is 10.0. The van der Waals surface area contributed by atoms with Crippen molar-refractivity contribution < 1.29 is 4.79 Å². The smallest absolute Gasteiger partial charge is 0.221 e. The minimum atomic E-state index is 0. The van der Waals surface area contributed by atoms with Gasteiger partial charge in [-0.15, -0.1) is 24.0 Å². The SMILES string of the molecule is CN=C(NCCC(=O)NC1CCCC1)N1CCC(Cc2ccccc2)C1.I. The molecule has 1 aromatic rings. The van der Waals surface area contributed by atoms with Crippen LogP contribution in [-0.2, 0) is 11.2 Å². The molecule has 1 saturated carbocycles. The minimum absolute atomic E-state index is 0. The van der Waals surface area contributed by atoms with Gasteiger partial charge in [0.1, 0.15) is 0 Å². The fourth-order valence-corrected chi connectivity index (χ4v) is 4.13. The molecule has 5 nitrogen and oxygen atoms in total. The fraction of sp³-hybridized carbons (Fsp3) is 0.619. The lowest BCUT2D eigenvalue weighted by atomic mass is 9.99. The van der Waals surface area contributed by atoms with E-state index in [1.165, 1.54) is 24.8 Å². The number of aliphatic imine (C=N–C) groups is 1. The van der Waals surface area contributed by atoms with E-state index in [1.807, 2.05) is 7.05 Å². The van der Waals surface area contributed by atoms with Crippen LogP contribution >= 0.6 is 24.0 Å². The zero-order chi connectivity index (χ0) is 18.2. The number of guanidine groups is 1. The van der Waals surface area contributed by atoms with Crippen LogP contribution in [0.2, 0.25) is 0 Å². The number of hydrogen-bond donors (Lipinski definition) is 2. The average molecular weight is 484 g/mol. The molecule has 1 unspecified atom stereocenters.